The van der Waals surface area contributed by atoms with Gasteiger partial charge in [-0.1, -0.05) is 37.6 Å². The molecule has 0 radical (unpaired) electrons. The molecule has 1 atom stereocenters. The number of phosphoric ester groups is 1. The van der Waals surface area contributed by atoms with Crippen LogP contribution in [0.3, 0.4) is 0 Å². The highest BCUT2D eigenvalue weighted by Crippen LogP contribution is 2.37. The van der Waals surface area contributed by atoms with Crippen LogP contribution in [0.1, 0.15) is 31.7 Å². The second-order valence-corrected chi connectivity index (χ2v) is 8.56. The molecule has 0 fully saturated rings. The molecule has 1 unspecified atom stereocenters. The number of aliphatic hydroxyl groups excluding tert-OH is 1. The standard InChI is InChI=1S/C21H29FNO6P.FH/c1-2-3-12-28-18-8-9-19(20(22)13-18)17-6-4-16(5-7-17)10-11-21(23,14-24)15-29-30(25,26)27;/h4-9,13,24H,2-3,10-12,14-15,23H2,1H3,(H2,25,26,27);1H. The van der Waals surface area contributed by atoms with E-state index in [4.69, 9.17) is 20.3 Å². The second-order valence-electron chi connectivity index (χ2n) is 7.33. The molecule has 0 aromatic heterocycles. The topological polar surface area (TPSA) is 122 Å². The maximum absolute atomic E-state index is 14.5. The molecular weight excluding hydrogens is 431 g/mol. The number of hydrogen-bond acceptors (Lipinski definition) is 5. The van der Waals surface area contributed by atoms with Crippen molar-refractivity contribution in [1.29, 1.82) is 0 Å². The van der Waals surface area contributed by atoms with Gasteiger partial charge in [-0.3, -0.25) is 9.23 Å². The van der Waals surface area contributed by atoms with E-state index in [0.717, 1.165) is 18.4 Å². The van der Waals surface area contributed by atoms with Crippen LogP contribution in [0.4, 0.5) is 9.09 Å². The number of phosphoric acid groups is 1. The molecule has 31 heavy (non-hydrogen) atoms. The van der Waals surface area contributed by atoms with Crippen molar-refractivity contribution in [2.24, 2.45) is 5.73 Å². The van der Waals surface area contributed by atoms with Crippen molar-refractivity contribution in [3.63, 3.8) is 0 Å². The number of hydrogen-bond donors (Lipinski definition) is 4. The molecule has 10 heteroatoms. The number of halogens is 2. The summed E-state index contributed by atoms with van der Waals surface area (Å²) in [5, 5.41) is 9.46. The lowest BCUT2D eigenvalue weighted by atomic mass is 9.93. The average Bonchev–Trinajstić information content (AvgIpc) is 2.71. The van der Waals surface area contributed by atoms with Crippen molar-refractivity contribution in [3.8, 4) is 16.9 Å². The van der Waals surface area contributed by atoms with Gasteiger partial charge < -0.3 is 25.4 Å². The molecule has 0 aliphatic carbocycles. The monoisotopic (exact) mass is 461 g/mol. The van der Waals surface area contributed by atoms with Gasteiger partial charge in [0.15, 0.2) is 0 Å². The van der Waals surface area contributed by atoms with Crippen LogP contribution in [0.5, 0.6) is 5.75 Å². The Hall–Kier alpha value is -1.87. The Labute approximate surface area is 180 Å². The molecule has 2 aromatic carbocycles. The van der Waals surface area contributed by atoms with Gasteiger partial charge in [-0.05, 0) is 42.5 Å². The van der Waals surface area contributed by atoms with Crippen molar-refractivity contribution in [2.75, 3.05) is 19.8 Å². The van der Waals surface area contributed by atoms with Crippen LogP contribution in [0.25, 0.3) is 11.1 Å². The molecule has 0 spiro atoms. The molecule has 174 valence electrons. The van der Waals surface area contributed by atoms with Crippen molar-refractivity contribution < 1.29 is 37.8 Å². The summed E-state index contributed by atoms with van der Waals surface area (Å²) in [5.41, 5.74) is 6.75. The molecular formula is C21H30F2NO6P. The largest absolute Gasteiger partial charge is 0.493 e. The minimum Gasteiger partial charge on any atom is -0.493 e. The van der Waals surface area contributed by atoms with Crippen LogP contribution in [0, 0.1) is 5.82 Å². The molecule has 0 saturated heterocycles. The van der Waals surface area contributed by atoms with E-state index in [-0.39, 0.29) is 16.9 Å². The minimum atomic E-state index is -4.66. The third kappa shape index (κ3) is 9.03. The van der Waals surface area contributed by atoms with Gasteiger partial charge >= 0.3 is 7.82 Å². The zero-order valence-corrected chi connectivity index (χ0v) is 18.3. The van der Waals surface area contributed by atoms with Crippen LogP contribution < -0.4 is 10.5 Å². The maximum atomic E-state index is 14.5. The maximum Gasteiger partial charge on any atom is 0.469 e. The van der Waals surface area contributed by atoms with Crippen LogP contribution in [0.15, 0.2) is 42.5 Å². The Balaban J connectivity index is 0.00000480. The molecule has 0 amide bonds. The Bertz CT molecular complexity index is 861. The highest BCUT2D eigenvalue weighted by atomic mass is 31.2. The summed E-state index contributed by atoms with van der Waals surface area (Å²) >= 11 is 0. The predicted molar refractivity (Wildman–Crippen MR) is 115 cm³/mol. The summed E-state index contributed by atoms with van der Waals surface area (Å²) in [4.78, 5) is 17.6. The van der Waals surface area contributed by atoms with Gasteiger partial charge in [-0.15, -0.1) is 0 Å². The van der Waals surface area contributed by atoms with E-state index in [1.54, 1.807) is 24.3 Å². The quantitative estimate of drug-likeness (QED) is 0.282. The Morgan fingerprint density at radius 2 is 1.84 bits per heavy atom. The van der Waals surface area contributed by atoms with Crippen LogP contribution in [-0.2, 0) is 15.5 Å². The molecule has 2 aromatic rings. The number of aryl methyl sites for hydroxylation is 1. The van der Waals surface area contributed by atoms with E-state index in [9.17, 15) is 14.1 Å². The van der Waals surface area contributed by atoms with Crippen LogP contribution in [0.2, 0.25) is 0 Å². The van der Waals surface area contributed by atoms with E-state index in [1.165, 1.54) is 6.07 Å². The lowest BCUT2D eigenvalue weighted by molar-refractivity contribution is 0.102. The zero-order chi connectivity index (χ0) is 22.2. The highest BCUT2D eigenvalue weighted by molar-refractivity contribution is 7.46. The van der Waals surface area contributed by atoms with Gasteiger partial charge in [-0.2, -0.15) is 0 Å². The second kappa shape index (κ2) is 12.2. The zero-order valence-electron chi connectivity index (χ0n) is 17.4. The lowest BCUT2D eigenvalue weighted by Gasteiger charge is -2.27. The molecule has 2 rings (SSSR count). The van der Waals surface area contributed by atoms with Gasteiger partial charge in [0.05, 0.1) is 25.4 Å². The van der Waals surface area contributed by atoms with Crippen molar-refractivity contribution >= 4 is 7.82 Å². The first-order chi connectivity index (χ1) is 14.2. The molecule has 0 aliphatic rings. The smallest absolute Gasteiger partial charge is 0.469 e. The number of rotatable bonds is 12. The fourth-order valence-electron chi connectivity index (χ4n) is 2.81. The summed E-state index contributed by atoms with van der Waals surface area (Å²) in [6.45, 7) is 1.66. The first-order valence-electron chi connectivity index (χ1n) is 9.77. The van der Waals surface area contributed by atoms with Gasteiger partial charge in [0.25, 0.3) is 0 Å². The normalized spacial score (nSPS) is 13.4. The van der Waals surface area contributed by atoms with Crippen LogP contribution >= 0.6 is 7.82 Å². The Morgan fingerprint density at radius 1 is 1.16 bits per heavy atom. The van der Waals surface area contributed by atoms with Crippen LogP contribution in [-0.4, -0.2) is 40.3 Å². The molecule has 0 saturated carbocycles. The van der Waals surface area contributed by atoms with Crippen molar-refractivity contribution in [1.82, 2.24) is 0 Å². The van der Waals surface area contributed by atoms with Gasteiger partial charge in [-0.25, -0.2) is 8.96 Å². The number of benzene rings is 2. The van der Waals surface area contributed by atoms with Gasteiger partial charge in [0, 0.05) is 11.6 Å². The van der Waals surface area contributed by atoms with Gasteiger partial charge in [0.2, 0.25) is 0 Å². The average molecular weight is 461 g/mol. The fraction of sp³-hybridized carbons (Fsp3) is 0.429. The first-order valence-corrected chi connectivity index (χ1v) is 11.3. The first kappa shape index (κ1) is 27.2. The van der Waals surface area contributed by atoms with E-state index < -0.39 is 26.6 Å². The fourth-order valence-corrected chi connectivity index (χ4v) is 3.23. The van der Waals surface area contributed by atoms with Crippen molar-refractivity contribution in [3.05, 3.63) is 53.8 Å². The number of ether oxygens (including phenoxy) is 1. The number of unbranched alkanes of at least 4 members (excludes halogenated alkanes) is 1. The SMILES string of the molecule is CCCCOc1ccc(-c2ccc(CCC(N)(CO)COP(=O)(O)O)cc2)c(F)c1.F. The molecule has 0 bridgehead atoms. The number of aliphatic hydroxyl groups is 1. The molecule has 5 N–H and O–H groups in total. The van der Waals surface area contributed by atoms with E-state index in [0.29, 0.717) is 29.9 Å². The molecule has 0 heterocycles. The summed E-state index contributed by atoms with van der Waals surface area (Å²) in [6, 6.07) is 12.0. The van der Waals surface area contributed by atoms with E-state index >= 15 is 0 Å². The summed E-state index contributed by atoms with van der Waals surface area (Å²) in [5.74, 6) is 0.134. The summed E-state index contributed by atoms with van der Waals surface area (Å²) in [7, 11) is -4.66. The third-order valence-corrected chi connectivity index (χ3v) is 5.18. The summed E-state index contributed by atoms with van der Waals surface area (Å²) in [6.07, 6.45) is 2.62. The lowest BCUT2D eigenvalue weighted by Crippen LogP contribution is -2.48. The summed E-state index contributed by atoms with van der Waals surface area (Å²) < 4.78 is 35.3. The highest BCUT2D eigenvalue weighted by Gasteiger charge is 2.28. The third-order valence-electron chi connectivity index (χ3n) is 4.72. The number of nitrogens with two attached hydrogens (primary N) is 1. The predicted octanol–water partition coefficient (Wildman–Crippen LogP) is 3.56. The van der Waals surface area contributed by atoms with E-state index in [1.807, 2.05) is 12.1 Å². The van der Waals surface area contributed by atoms with Crippen molar-refractivity contribution in [2.45, 2.75) is 38.1 Å². The van der Waals surface area contributed by atoms with E-state index in [2.05, 4.69) is 11.4 Å². The minimum absolute atomic E-state index is 0. The van der Waals surface area contributed by atoms with Gasteiger partial charge in [0.1, 0.15) is 11.6 Å². The molecule has 7 nitrogen and oxygen atoms in total. The Kier molecular flexibility index (Phi) is 10.7. The molecule has 0 aliphatic heterocycles. The Morgan fingerprint density at radius 3 is 2.39 bits per heavy atom.